The molecule has 4 aromatic rings. The lowest BCUT2D eigenvalue weighted by Gasteiger charge is -2.13. The molecule has 1 atom stereocenters. The van der Waals surface area contributed by atoms with E-state index in [2.05, 4.69) is 23.7 Å². The van der Waals surface area contributed by atoms with E-state index in [1.807, 2.05) is 43.3 Å². The van der Waals surface area contributed by atoms with Gasteiger partial charge < -0.3 is 14.3 Å². The van der Waals surface area contributed by atoms with Crippen LogP contribution in [-0.2, 0) is 13.0 Å². The minimum Gasteiger partial charge on any atom is -0.469 e. The number of furan rings is 1. The number of hydrogen-bond donors (Lipinski definition) is 1. The molecule has 4 nitrogen and oxygen atoms in total. The molecule has 0 aliphatic heterocycles. The van der Waals surface area contributed by atoms with Crippen molar-refractivity contribution >= 4 is 16.8 Å². The van der Waals surface area contributed by atoms with Crippen LogP contribution in [0.1, 0.15) is 39.9 Å². The van der Waals surface area contributed by atoms with E-state index in [-0.39, 0.29) is 17.8 Å². The molecule has 4 rings (SSSR count). The van der Waals surface area contributed by atoms with Crippen molar-refractivity contribution in [1.29, 1.82) is 0 Å². The number of aryl methyl sites for hydroxylation is 1. The molecule has 2 heterocycles. The van der Waals surface area contributed by atoms with Crippen LogP contribution in [0.25, 0.3) is 10.9 Å². The van der Waals surface area contributed by atoms with Crippen molar-refractivity contribution < 1.29 is 13.6 Å². The van der Waals surface area contributed by atoms with Crippen molar-refractivity contribution in [2.45, 2.75) is 39.8 Å². The van der Waals surface area contributed by atoms with Gasteiger partial charge in [-0.1, -0.05) is 12.1 Å². The van der Waals surface area contributed by atoms with E-state index in [1.54, 1.807) is 18.4 Å². The highest BCUT2D eigenvalue weighted by atomic mass is 19.1. The SMILES string of the molecule is Cc1c(C)n(Cc2cccc(F)c2)c2ccc(C(=O)NC(C)Cc3ccco3)cc12. The highest BCUT2D eigenvalue weighted by molar-refractivity contribution is 5.99. The fourth-order valence-corrected chi connectivity index (χ4v) is 3.90. The van der Waals surface area contributed by atoms with Gasteiger partial charge in [0.25, 0.3) is 5.91 Å². The molecule has 1 N–H and O–H groups in total. The second-order valence-electron chi connectivity index (χ2n) is 7.82. The lowest BCUT2D eigenvalue weighted by Crippen LogP contribution is -2.33. The Morgan fingerprint density at radius 2 is 1.97 bits per heavy atom. The molecule has 0 saturated carbocycles. The Labute approximate surface area is 175 Å². The van der Waals surface area contributed by atoms with Crippen molar-refractivity contribution in [2.24, 2.45) is 0 Å². The van der Waals surface area contributed by atoms with Crippen molar-refractivity contribution in [3.8, 4) is 0 Å². The highest BCUT2D eigenvalue weighted by Crippen LogP contribution is 2.27. The topological polar surface area (TPSA) is 47.2 Å². The third-order valence-electron chi connectivity index (χ3n) is 5.60. The number of benzene rings is 2. The quantitative estimate of drug-likeness (QED) is 0.468. The first-order valence-electron chi connectivity index (χ1n) is 10.1. The summed E-state index contributed by atoms with van der Waals surface area (Å²) < 4.78 is 21.1. The van der Waals surface area contributed by atoms with Crippen LogP contribution in [0.2, 0.25) is 0 Å². The van der Waals surface area contributed by atoms with Crippen LogP contribution in [0, 0.1) is 19.7 Å². The highest BCUT2D eigenvalue weighted by Gasteiger charge is 2.16. The molecule has 0 saturated heterocycles. The Morgan fingerprint density at radius 1 is 1.13 bits per heavy atom. The summed E-state index contributed by atoms with van der Waals surface area (Å²) >= 11 is 0. The van der Waals surface area contributed by atoms with E-state index in [4.69, 9.17) is 4.42 Å². The summed E-state index contributed by atoms with van der Waals surface area (Å²) in [6, 6.07) is 16.1. The monoisotopic (exact) mass is 404 g/mol. The maximum atomic E-state index is 13.6. The molecular weight excluding hydrogens is 379 g/mol. The van der Waals surface area contributed by atoms with Gasteiger partial charge in [-0.2, -0.15) is 0 Å². The zero-order chi connectivity index (χ0) is 21.3. The van der Waals surface area contributed by atoms with Crippen LogP contribution in [0.4, 0.5) is 4.39 Å². The summed E-state index contributed by atoms with van der Waals surface area (Å²) in [6.45, 7) is 6.66. The standard InChI is InChI=1S/C25H25FN2O2/c1-16(12-22-8-5-11-30-22)27-25(29)20-9-10-24-23(14-20)17(2)18(3)28(24)15-19-6-4-7-21(26)13-19/h4-11,13-14,16H,12,15H2,1-3H3,(H,27,29). The molecule has 0 aliphatic rings. The first kappa shape index (κ1) is 20.0. The maximum absolute atomic E-state index is 13.6. The molecule has 0 radical (unpaired) electrons. The number of amides is 1. The molecule has 0 fully saturated rings. The Hall–Kier alpha value is -3.34. The zero-order valence-electron chi connectivity index (χ0n) is 17.4. The number of fused-ring (bicyclic) bond motifs is 1. The number of nitrogens with zero attached hydrogens (tertiary/aromatic N) is 1. The van der Waals surface area contributed by atoms with Gasteiger partial charge >= 0.3 is 0 Å². The number of carbonyl (C=O) groups excluding carboxylic acids is 1. The normalized spacial score (nSPS) is 12.3. The van der Waals surface area contributed by atoms with E-state index < -0.39 is 0 Å². The van der Waals surface area contributed by atoms with Crippen molar-refractivity contribution in [3.63, 3.8) is 0 Å². The van der Waals surface area contributed by atoms with Gasteiger partial charge in [-0.15, -0.1) is 0 Å². The third kappa shape index (κ3) is 4.01. The van der Waals surface area contributed by atoms with Crippen LogP contribution in [0.5, 0.6) is 0 Å². The maximum Gasteiger partial charge on any atom is 0.251 e. The number of rotatable bonds is 6. The molecule has 1 unspecified atom stereocenters. The second-order valence-corrected chi connectivity index (χ2v) is 7.82. The molecule has 5 heteroatoms. The molecular formula is C25H25FN2O2. The summed E-state index contributed by atoms with van der Waals surface area (Å²) in [6.07, 6.45) is 2.28. The Morgan fingerprint density at radius 3 is 2.70 bits per heavy atom. The molecule has 1 amide bonds. The predicted octanol–water partition coefficient (Wildman–Crippen LogP) is 5.40. The number of halogens is 1. The van der Waals surface area contributed by atoms with Gasteiger partial charge in [-0.25, -0.2) is 4.39 Å². The Bertz CT molecular complexity index is 1190. The van der Waals surface area contributed by atoms with Gasteiger partial charge in [0.1, 0.15) is 11.6 Å². The zero-order valence-corrected chi connectivity index (χ0v) is 17.4. The molecule has 0 bridgehead atoms. The fraction of sp³-hybridized carbons (Fsp3) is 0.240. The van der Waals surface area contributed by atoms with Crippen LogP contribution >= 0.6 is 0 Å². The average Bonchev–Trinajstić information content (AvgIpc) is 3.30. The molecule has 0 spiro atoms. The van der Waals surface area contributed by atoms with Gasteiger partial charge in [0.15, 0.2) is 0 Å². The largest absolute Gasteiger partial charge is 0.469 e. The average molecular weight is 404 g/mol. The van der Waals surface area contributed by atoms with Gasteiger partial charge in [0.2, 0.25) is 0 Å². The van der Waals surface area contributed by atoms with E-state index >= 15 is 0 Å². The smallest absolute Gasteiger partial charge is 0.251 e. The lowest BCUT2D eigenvalue weighted by atomic mass is 10.1. The predicted molar refractivity (Wildman–Crippen MR) is 116 cm³/mol. The van der Waals surface area contributed by atoms with E-state index in [1.165, 1.54) is 6.07 Å². The van der Waals surface area contributed by atoms with Crippen molar-refractivity contribution in [2.75, 3.05) is 0 Å². The number of hydrogen-bond acceptors (Lipinski definition) is 2. The summed E-state index contributed by atoms with van der Waals surface area (Å²) in [5.41, 5.74) is 4.80. The molecule has 2 aromatic heterocycles. The van der Waals surface area contributed by atoms with Gasteiger partial charge in [0, 0.05) is 41.2 Å². The van der Waals surface area contributed by atoms with Crippen LogP contribution in [-0.4, -0.2) is 16.5 Å². The summed E-state index contributed by atoms with van der Waals surface area (Å²) in [4.78, 5) is 12.8. The van der Waals surface area contributed by atoms with E-state index in [9.17, 15) is 9.18 Å². The molecule has 154 valence electrons. The molecule has 2 aromatic carbocycles. The number of aromatic nitrogens is 1. The van der Waals surface area contributed by atoms with Gasteiger partial charge in [0.05, 0.1) is 6.26 Å². The first-order chi connectivity index (χ1) is 14.4. The molecule has 30 heavy (non-hydrogen) atoms. The van der Waals surface area contributed by atoms with E-state index in [0.29, 0.717) is 18.5 Å². The van der Waals surface area contributed by atoms with Crippen LogP contribution < -0.4 is 5.32 Å². The number of carbonyl (C=O) groups is 1. The number of nitrogens with one attached hydrogen (secondary N) is 1. The molecule has 0 aliphatic carbocycles. The Kier molecular flexibility index (Phi) is 5.44. The fourth-order valence-electron chi connectivity index (χ4n) is 3.90. The first-order valence-corrected chi connectivity index (χ1v) is 10.1. The van der Waals surface area contributed by atoms with Crippen LogP contribution in [0.3, 0.4) is 0 Å². The van der Waals surface area contributed by atoms with E-state index in [0.717, 1.165) is 33.5 Å². The second kappa shape index (κ2) is 8.19. The lowest BCUT2D eigenvalue weighted by molar-refractivity contribution is 0.0939. The van der Waals surface area contributed by atoms with Gasteiger partial charge in [-0.05, 0) is 74.4 Å². The summed E-state index contributed by atoms with van der Waals surface area (Å²) in [5.74, 6) is 0.506. The summed E-state index contributed by atoms with van der Waals surface area (Å²) in [7, 11) is 0. The van der Waals surface area contributed by atoms with Crippen molar-refractivity contribution in [3.05, 3.63) is 94.8 Å². The summed E-state index contributed by atoms with van der Waals surface area (Å²) in [5, 5.41) is 4.08. The van der Waals surface area contributed by atoms with Gasteiger partial charge in [-0.3, -0.25) is 4.79 Å². The Balaban J connectivity index is 1.58. The van der Waals surface area contributed by atoms with Crippen molar-refractivity contribution in [1.82, 2.24) is 9.88 Å². The third-order valence-corrected chi connectivity index (χ3v) is 5.60. The van der Waals surface area contributed by atoms with Crippen LogP contribution in [0.15, 0.2) is 65.3 Å². The minimum absolute atomic E-state index is 0.0419. The minimum atomic E-state index is -0.235.